The number of nitrogens with one attached hydrogen (secondary N) is 1. The maximum atomic E-state index is 13.8. The average Bonchev–Trinajstić information content (AvgIpc) is 2.90. The summed E-state index contributed by atoms with van der Waals surface area (Å²) in [5.74, 6) is -0.167. The Morgan fingerprint density at radius 2 is 1.47 bits per heavy atom. The number of aryl methyl sites for hydroxylation is 1. The SMILES string of the molecule is CCC(C)NC(=O)C(Cc1ccccc1)N(Cc1ccc(Cl)cc1)C(=O)CCc1ccc(C(C)(C)C)cc1. The van der Waals surface area contributed by atoms with Crippen molar-refractivity contribution >= 4 is 23.4 Å². The highest BCUT2D eigenvalue weighted by Gasteiger charge is 2.30. The molecule has 0 spiro atoms. The van der Waals surface area contributed by atoms with E-state index in [-0.39, 0.29) is 23.3 Å². The van der Waals surface area contributed by atoms with Crippen molar-refractivity contribution < 1.29 is 9.59 Å². The first-order valence-corrected chi connectivity index (χ1v) is 13.9. The van der Waals surface area contributed by atoms with Crippen LogP contribution >= 0.6 is 11.6 Å². The van der Waals surface area contributed by atoms with Crippen LogP contribution in [0.4, 0.5) is 0 Å². The molecule has 0 heterocycles. The fourth-order valence-corrected chi connectivity index (χ4v) is 4.47. The Kier molecular flexibility index (Phi) is 10.6. The lowest BCUT2D eigenvalue weighted by Gasteiger charge is -2.32. The van der Waals surface area contributed by atoms with Crippen molar-refractivity contribution in [2.75, 3.05) is 0 Å². The molecular formula is C33H41ClN2O2. The molecule has 2 amide bonds. The summed E-state index contributed by atoms with van der Waals surface area (Å²) < 4.78 is 0. The van der Waals surface area contributed by atoms with E-state index in [1.54, 1.807) is 4.90 Å². The third-order valence-corrected chi connectivity index (χ3v) is 7.24. The molecule has 2 atom stereocenters. The number of hydrogen-bond donors (Lipinski definition) is 1. The van der Waals surface area contributed by atoms with Crippen LogP contribution < -0.4 is 5.32 Å². The molecule has 0 fully saturated rings. The van der Waals surface area contributed by atoms with Gasteiger partial charge in [-0.3, -0.25) is 9.59 Å². The van der Waals surface area contributed by atoms with E-state index in [9.17, 15) is 9.59 Å². The van der Waals surface area contributed by atoms with Crippen molar-refractivity contribution in [3.05, 3.63) is 106 Å². The van der Waals surface area contributed by atoms with E-state index in [4.69, 9.17) is 11.6 Å². The number of rotatable bonds is 11. The maximum Gasteiger partial charge on any atom is 0.243 e. The minimum absolute atomic E-state index is 0.0228. The standard InChI is InChI=1S/C33H41ClN2O2/c1-6-24(2)35-32(38)30(22-26-10-8-7-9-11-26)36(23-27-14-19-29(34)20-15-27)31(37)21-16-25-12-17-28(18-13-25)33(3,4)5/h7-15,17-20,24,30H,6,16,21-23H2,1-5H3,(H,35,38). The Hall–Kier alpha value is -3.11. The van der Waals surface area contributed by atoms with Gasteiger partial charge in [0.2, 0.25) is 11.8 Å². The minimum atomic E-state index is -0.627. The summed E-state index contributed by atoms with van der Waals surface area (Å²) in [4.78, 5) is 29.2. The number of nitrogens with zero attached hydrogens (tertiary/aromatic N) is 1. The van der Waals surface area contributed by atoms with Crippen LogP contribution in [0.3, 0.4) is 0 Å². The first-order chi connectivity index (χ1) is 18.1. The lowest BCUT2D eigenvalue weighted by atomic mass is 9.86. The molecule has 5 heteroatoms. The Bertz CT molecular complexity index is 1170. The molecule has 3 rings (SSSR count). The molecular weight excluding hydrogens is 492 g/mol. The summed E-state index contributed by atoms with van der Waals surface area (Å²) in [7, 11) is 0. The fraction of sp³-hybridized carbons (Fsp3) is 0.394. The van der Waals surface area contributed by atoms with Crippen LogP contribution in [0.1, 0.15) is 69.7 Å². The van der Waals surface area contributed by atoms with Crippen LogP contribution in [0, 0.1) is 0 Å². The molecule has 3 aromatic carbocycles. The highest BCUT2D eigenvalue weighted by molar-refractivity contribution is 6.30. The zero-order valence-electron chi connectivity index (χ0n) is 23.3. The van der Waals surface area contributed by atoms with Crippen molar-refractivity contribution in [3.63, 3.8) is 0 Å². The van der Waals surface area contributed by atoms with Gasteiger partial charge in [0.25, 0.3) is 0 Å². The van der Waals surface area contributed by atoms with E-state index in [0.29, 0.717) is 30.8 Å². The number of carbonyl (C=O) groups excluding carboxylic acids is 2. The fourth-order valence-electron chi connectivity index (χ4n) is 4.35. The monoisotopic (exact) mass is 532 g/mol. The summed E-state index contributed by atoms with van der Waals surface area (Å²) in [5, 5.41) is 3.76. The van der Waals surface area contributed by atoms with E-state index in [1.807, 2.05) is 68.4 Å². The molecule has 0 aromatic heterocycles. The largest absolute Gasteiger partial charge is 0.352 e. The Morgan fingerprint density at radius 3 is 2.05 bits per heavy atom. The highest BCUT2D eigenvalue weighted by Crippen LogP contribution is 2.23. The van der Waals surface area contributed by atoms with E-state index >= 15 is 0 Å². The quantitative estimate of drug-likeness (QED) is 0.285. The number of carbonyl (C=O) groups is 2. The second-order valence-corrected chi connectivity index (χ2v) is 11.6. The van der Waals surface area contributed by atoms with Gasteiger partial charge in [-0.05, 0) is 59.6 Å². The Balaban J connectivity index is 1.88. The van der Waals surface area contributed by atoms with Gasteiger partial charge in [0.15, 0.2) is 0 Å². The third-order valence-electron chi connectivity index (χ3n) is 6.99. The highest BCUT2D eigenvalue weighted by atomic mass is 35.5. The van der Waals surface area contributed by atoms with Gasteiger partial charge < -0.3 is 10.2 Å². The van der Waals surface area contributed by atoms with Crippen molar-refractivity contribution in [3.8, 4) is 0 Å². The van der Waals surface area contributed by atoms with Crippen LogP contribution in [0.5, 0.6) is 0 Å². The zero-order chi connectivity index (χ0) is 27.7. The lowest BCUT2D eigenvalue weighted by Crippen LogP contribution is -2.52. The molecule has 4 nitrogen and oxygen atoms in total. The second-order valence-electron chi connectivity index (χ2n) is 11.1. The molecule has 0 aliphatic carbocycles. The predicted octanol–water partition coefficient (Wildman–Crippen LogP) is 7.12. The molecule has 0 aliphatic heterocycles. The van der Waals surface area contributed by atoms with Crippen molar-refractivity contribution in [1.29, 1.82) is 0 Å². The van der Waals surface area contributed by atoms with Gasteiger partial charge in [0.1, 0.15) is 6.04 Å². The third kappa shape index (κ3) is 8.73. The summed E-state index contributed by atoms with van der Waals surface area (Å²) in [6.45, 7) is 10.9. The number of hydrogen-bond acceptors (Lipinski definition) is 2. The van der Waals surface area contributed by atoms with Gasteiger partial charge >= 0.3 is 0 Å². The van der Waals surface area contributed by atoms with Crippen LogP contribution in [-0.2, 0) is 34.4 Å². The summed E-state index contributed by atoms with van der Waals surface area (Å²) >= 11 is 6.12. The number of benzene rings is 3. The zero-order valence-corrected chi connectivity index (χ0v) is 24.1. The molecule has 38 heavy (non-hydrogen) atoms. The van der Waals surface area contributed by atoms with E-state index < -0.39 is 6.04 Å². The Labute approximate surface area is 233 Å². The van der Waals surface area contributed by atoms with E-state index in [2.05, 4.69) is 50.4 Å². The average molecular weight is 533 g/mol. The van der Waals surface area contributed by atoms with Gasteiger partial charge in [-0.25, -0.2) is 0 Å². The number of amides is 2. The molecule has 0 saturated heterocycles. The molecule has 0 bridgehead atoms. The summed E-state index contributed by atoms with van der Waals surface area (Å²) in [5.41, 5.74) is 4.41. The molecule has 2 unspecified atom stereocenters. The topological polar surface area (TPSA) is 49.4 Å². The van der Waals surface area contributed by atoms with Crippen LogP contribution in [0.2, 0.25) is 5.02 Å². The number of halogens is 1. The maximum absolute atomic E-state index is 13.8. The van der Waals surface area contributed by atoms with Gasteiger partial charge in [0, 0.05) is 30.5 Å². The summed E-state index contributed by atoms with van der Waals surface area (Å²) in [6, 6.07) is 25.3. The normalized spacial score (nSPS) is 13.0. The van der Waals surface area contributed by atoms with Crippen LogP contribution in [-0.4, -0.2) is 28.8 Å². The van der Waals surface area contributed by atoms with Crippen LogP contribution in [0.25, 0.3) is 0 Å². The van der Waals surface area contributed by atoms with Gasteiger partial charge in [-0.1, -0.05) is 106 Å². The smallest absolute Gasteiger partial charge is 0.243 e. The lowest BCUT2D eigenvalue weighted by molar-refractivity contribution is -0.141. The van der Waals surface area contributed by atoms with Gasteiger partial charge in [0.05, 0.1) is 0 Å². The van der Waals surface area contributed by atoms with Gasteiger partial charge in [-0.15, -0.1) is 0 Å². The molecule has 0 radical (unpaired) electrons. The van der Waals surface area contributed by atoms with Crippen molar-refractivity contribution in [2.45, 2.75) is 84.3 Å². The first-order valence-electron chi connectivity index (χ1n) is 13.5. The molecule has 3 aromatic rings. The first kappa shape index (κ1) is 29.4. The van der Waals surface area contributed by atoms with Crippen LogP contribution in [0.15, 0.2) is 78.9 Å². The summed E-state index contributed by atoms with van der Waals surface area (Å²) in [6.07, 6.45) is 2.21. The second kappa shape index (κ2) is 13.6. The molecule has 202 valence electrons. The predicted molar refractivity (Wildman–Crippen MR) is 157 cm³/mol. The van der Waals surface area contributed by atoms with Crippen molar-refractivity contribution in [2.24, 2.45) is 0 Å². The molecule has 0 saturated carbocycles. The molecule has 0 aliphatic rings. The minimum Gasteiger partial charge on any atom is -0.352 e. The van der Waals surface area contributed by atoms with Gasteiger partial charge in [-0.2, -0.15) is 0 Å². The van der Waals surface area contributed by atoms with E-state index in [0.717, 1.165) is 23.1 Å². The Morgan fingerprint density at radius 1 is 0.868 bits per heavy atom. The van der Waals surface area contributed by atoms with E-state index in [1.165, 1.54) is 5.56 Å². The van der Waals surface area contributed by atoms with Crippen molar-refractivity contribution in [1.82, 2.24) is 10.2 Å². The molecule has 1 N–H and O–H groups in total.